The first kappa shape index (κ1) is 16.3. The zero-order valence-corrected chi connectivity index (χ0v) is 14.2. The van der Waals surface area contributed by atoms with Crippen LogP contribution in [-0.4, -0.2) is 25.7 Å². The van der Waals surface area contributed by atoms with Crippen molar-refractivity contribution in [2.45, 2.75) is 40.2 Å². The fourth-order valence-corrected chi connectivity index (χ4v) is 3.37. The van der Waals surface area contributed by atoms with Gasteiger partial charge in [-0.15, -0.1) is 0 Å². The van der Waals surface area contributed by atoms with E-state index in [0.29, 0.717) is 24.0 Å². The predicted octanol–water partition coefficient (Wildman–Crippen LogP) is 0.839. The number of hydrogen-bond donors (Lipinski definition) is 0. The largest absolute Gasteiger partial charge is 0.332 e. The van der Waals surface area contributed by atoms with Gasteiger partial charge in [0.15, 0.2) is 5.78 Å². The van der Waals surface area contributed by atoms with E-state index in [1.807, 2.05) is 13.8 Å². The quantitative estimate of drug-likeness (QED) is 0.814. The average molecular weight is 329 g/mol. The molecule has 24 heavy (non-hydrogen) atoms. The molecule has 0 unspecified atom stereocenters. The summed E-state index contributed by atoms with van der Waals surface area (Å²) in [5.41, 5.74) is -0.111. The molecule has 3 rings (SSSR count). The van der Waals surface area contributed by atoms with E-state index in [4.69, 9.17) is 0 Å². The van der Waals surface area contributed by atoms with Crippen molar-refractivity contribution >= 4 is 22.6 Å². The van der Waals surface area contributed by atoms with Gasteiger partial charge >= 0.3 is 5.69 Å². The van der Waals surface area contributed by atoms with Crippen LogP contribution in [0.5, 0.6) is 0 Å². The van der Waals surface area contributed by atoms with Crippen molar-refractivity contribution in [2.24, 2.45) is 12.5 Å². The second-order valence-corrected chi connectivity index (χ2v) is 7.22. The maximum atomic E-state index is 12.9. The van der Waals surface area contributed by atoms with Crippen LogP contribution in [0.4, 0.5) is 0 Å². The van der Waals surface area contributed by atoms with Crippen LogP contribution >= 0.6 is 0 Å². The minimum atomic E-state index is -0.587. The highest BCUT2D eigenvalue weighted by molar-refractivity contribution is 6.02. The number of rotatable bonds is 2. The molecule has 2 aromatic rings. The summed E-state index contributed by atoms with van der Waals surface area (Å²) >= 11 is 0. The van der Waals surface area contributed by atoms with Gasteiger partial charge in [0, 0.05) is 25.2 Å². The second kappa shape index (κ2) is 5.22. The molecule has 1 aliphatic rings. The summed E-state index contributed by atoms with van der Waals surface area (Å²) in [7, 11) is 1.51. The SMILES string of the molecule is CC(=O)Cn1c(=O)c2c3c(cnc2n(C)c1=O)C(=O)CC(C)(C)C3. The van der Waals surface area contributed by atoms with Crippen molar-refractivity contribution < 1.29 is 9.59 Å². The Morgan fingerprint density at radius 2 is 1.92 bits per heavy atom. The molecule has 0 aromatic carbocycles. The summed E-state index contributed by atoms with van der Waals surface area (Å²) in [6.45, 7) is 4.97. The van der Waals surface area contributed by atoms with E-state index in [1.54, 1.807) is 0 Å². The number of aromatic nitrogens is 3. The van der Waals surface area contributed by atoms with Crippen molar-refractivity contribution in [3.63, 3.8) is 0 Å². The van der Waals surface area contributed by atoms with Crippen molar-refractivity contribution in [1.82, 2.24) is 14.1 Å². The molecule has 0 aliphatic heterocycles. The van der Waals surface area contributed by atoms with Crippen LogP contribution in [0, 0.1) is 5.41 Å². The molecule has 0 fully saturated rings. The van der Waals surface area contributed by atoms with Crippen LogP contribution in [0.25, 0.3) is 11.0 Å². The molecule has 0 bridgehead atoms. The van der Waals surface area contributed by atoms with Gasteiger partial charge in [0.1, 0.15) is 11.4 Å². The highest BCUT2D eigenvalue weighted by Crippen LogP contribution is 2.36. The number of ketones is 2. The van der Waals surface area contributed by atoms with Crippen molar-refractivity contribution in [3.05, 3.63) is 38.2 Å². The summed E-state index contributed by atoms with van der Waals surface area (Å²) < 4.78 is 2.17. The summed E-state index contributed by atoms with van der Waals surface area (Å²) in [5, 5.41) is 0.261. The minimum Gasteiger partial charge on any atom is -0.298 e. The Hall–Kier alpha value is -2.57. The number of aryl methyl sites for hydroxylation is 1. The van der Waals surface area contributed by atoms with Crippen LogP contribution < -0.4 is 11.2 Å². The van der Waals surface area contributed by atoms with Crippen LogP contribution in [0.2, 0.25) is 0 Å². The van der Waals surface area contributed by atoms with Crippen molar-refractivity contribution in [2.75, 3.05) is 0 Å². The van der Waals surface area contributed by atoms with E-state index in [2.05, 4.69) is 4.98 Å². The Morgan fingerprint density at radius 1 is 1.25 bits per heavy atom. The van der Waals surface area contributed by atoms with Crippen molar-refractivity contribution in [1.29, 1.82) is 0 Å². The van der Waals surface area contributed by atoms with Gasteiger partial charge in [0.05, 0.1) is 11.9 Å². The number of carbonyl (C=O) groups is 2. The first-order valence-electron chi connectivity index (χ1n) is 7.76. The fourth-order valence-electron chi connectivity index (χ4n) is 3.37. The summed E-state index contributed by atoms with van der Waals surface area (Å²) in [6, 6.07) is 0. The van der Waals surface area contributed by atoms with E-state index in [9.17, 15) is 19.2 Å². The lowest BCUT2D eigenvalue weighted by molar-refractivity contribution is -0.117. The first-order valence-corrected chi connectivity index (χ1v) is 7.76. The lowest BCUT2D eigenvalue weighted by atomic mass is 9.73. The Labute approximate surface area is 137 Å². The number of pyridine rings is 1. The van der Waals surface area contributed by atoms with E-state index >= 15 is 0 Å². The average Bonchev–Trinajstić information content (AvgIpc) is 2.47. The summed E-state index contributed by atoms with van der Waals surface area (Å²) in [4.78, 5) is 53.2. The second-order valence-electron chi connectivity index (χ2n) is 7.22. The monoisotopic (exact) mass is 329 g/mol. The van der Waals surface area contributed by atoms with Gasteiger partial charge in [-0.3, -0.25) is 23.5 Å². The van der Waals surface area contributed by atoms with Gasteiger partial charge in [0.25, 0.3) is 5.56 Å². The third kappa shape index (κ3) is 2.40. The maximum absolute atomic E-state index is 12.9. The van der Waals surface area contributed by atoms with Crippen LogP contribution in [0.3, 0.4) is 0 Å². The van der Waals surface area contributed by atoms with E-state index in [-0.39, 0.29) is 34.6 Å². The van der Waals surface area contributed by atoms with Crippen molar-refractivity contribution in [3.8, 4) is 0 Å². The summed E-state index contributed by atoms with van der Waals surface area (Å²) in [5.74, 6) is -0.343. The lowest BCUT2D eigenvalue weighted by Crippen LogP contribution is -2.42. The smallest absolute Gasteiger partial charge is 0.298 e. The van der Waals surface area contributed by atoms with Gasteiger partial charge in [-0.2, -0.15) is 0 Å². The van der Waals surface area contributed by atoms with Gasteiger partial charge in [-0.25, -0.2) is 9.78 Å². The molecule has 0 amide bonds. The Morgan fingerprint density at radius 3 is 2.54 bits per heavy atom. The Balaban J connectivity index is 2.47. The molecular weight excluding hydrogens is 310 g/mol. The molecule has 0 spiro atoms. The fraction of sp³-hybridized carbons (Fsp3) is 0.471. The molecule has 7 nitrogen and oxygen atoms in total. The third-order valence-corrected chi connectivity index (χ3v) is 4.44. The zero-order chi connectivity index (χ0) is 17.8. The molecule has 126 valence electrons. The Kier molecular flexibility index (Phi) is 3.55. The molecule has 2 heterocycles. The maximum Gasteiger partial charge on any atom is 0.332 e. The third-order valence-electron chi connectivity index (χ3n) is 4.44. The first-order chi connectivity index (χ1) is 11.1. The van der Waals surface area contributed by atoms with Crippen LogP contribution in [-0.2, 0) is 24.8 Å². The van der Waals surface area contributed by atoms with Gasteiger partial charge < -0.3 is 0 Å². The molecule has 0 radical (unpaired) electrons. The minimum absolute atomic E-state index is 0.0537. The molecular formula is C17H19N3O4. The van der Waals surface area contributed by atoms with Crippen LogP contribution in [0.1, 0.15) is 43.1 Å². The van der Waals surface area contributed by atoms with E-state index < -0.39 is 11.2 Å². The lowest BCUT2D eigenvalue weighted by Gasteiger charge is -2.30. The summed E-state index contributed by atoms with van der Waals surface area (Å²) in [6.07, 6.45) is 2.38. The molecule has 7 heteroatoms. The van der Waals surface area contributed by atoms with Gasteiger partial charge in [-0.1, -0.05) is 13.8 Å². The van der Waals surface area contributed by atoms with Crippen LogP contribution in [0.15, 0.2) is 15.8 Å². The number of fused-ring (bicyclic) bond motifs is 3. The van der Waals surface area contributed by atoms with E-state index in [0.717, 1.165) is 4.57 Å². The molecule has 0 saturated heterocycles. The predicted molar refractivity (Wildman–Crippen MR) is 88.4 cm³/mol. The molecule has 0 atom stereocenters. The number of hydrogen-bond acceptors (Lipinski definition) is 5. The normalized spacial score (nSPS) is 16.2. The number of carbonyl (C=O) groups excluding carboxylic acids is 2. The highest BCUT2D eigenvalue weighted by Gasteiger charge is 2.33. The Bertz CT molecular complexity index is 1010. The molecule has 0 N–H and O–H groups in total. The van der Waals surface area contributed by atoms with E-state index in [1.165, 1.54) is 24.7 Å². The number of Topliss-reactive ketones (excluding diaryl/α,β-unsaturated/α-hetero) is 2. The molecule has 1 aliphatic carbocycles. The van der Waals surface area contributed by atoms with Gasteiger partial charge in [0.2, 0.25) is 0 Å². The topological polar surface area (TPSA) is 91.0 Å². The highest BCUT2D eigenvalue weighted by atomic mass is 16.2. The molecule has 2 aromatic heterocycles. The number of nitrogens with zero attached hydrogens (tertiary/aromatic N) is 3. The standard InChI is InChI=1S/C17H19N3O4/c1-9(21)8-20-15(23)13-10-5-17(2,3)6-12(22)11(10)7-18-14(13)19(4)16(20)24/h7H,5-6,8H2,1-4H3. The van der Waals surface area contributed by atoms with Gasteiger partial charge in [-0.05, 0) is 24.3 Å². The zero-order valence-electron chi connectivity index (χ0n) is 14.2. The molecule has 0 saturated carbocycles.